The van der Waals surface area contributed by atoms with Crippen molar-refractivity contribution in [2.45, 2.75) is 18.7 Å². The van der Waals surface area contributed by atoms with Gasteiger partial charge in [0.25, 0.3) is 5.91 Å². The number of fused-ring (bicyclic) bond motifs is 1. The van der Waals surface area contributed by atoms with Crippen LogP contribution in [-0.2, 0) is 25.1 Å². The van der Waals surface area contributed by atoms with Crippen LogP contribution in [0.3, 0.4) is 0 Å². The number of hydrogen-bond donors (Lipinski definition) is 3. The van der Waals surface area contributed by atoms with Gasteiger partial charge in [-0.3, -0.25) is 14.5 Å². The summed E-state index contributed by atoms with van der Waals surface area (Å²) in [6.07, 6.45) is 0. The van der Waals surface area contributed by atoms with Gasteiger partial charge in [0.05, 0.1) is 36.1 Å². The molecule has 182 valence electrons. The predicted molar refractivity (Wildman–Crippen MR) is 131 cm³/mol. The zero-order chi connectivity index (χ0) is 24.1. The molecule has 10 heteroatoms. The van der Waals surface area contributed by atoms with Gasteiger partial charge in [-0.15, -0.1) is 0 Å². The molecule has 2 amide bonds. The lowest BCUT2D eigenvalue weighted by Crippen LogP contribution is -2.44. The molecule has 0 aliphatic carbocycles. The first-order chi connectivity index (χ1) is 16.3. The number of anilines is 2. The van der Waals surface area contributed by atoms with Gasteiger partial charge in [0.2, 0.25) is 5.91 Å². The molecule has 0 radical (unpaired) electrons. The van der Waals surface area contributed by atoms with Crippen LogP contribution < -0.4 is 16.0 Å². The van der Waals surface area contributed by atoms with Crippen LogP contribution in [-0.4, -0.2) is 76.3 Å². The molecule has 2 aliphatic rings. The molecule has 2 aromatic carbocycles. The maximum absolute atomic E-state index is 12.8. The van der Waals surface area contributed by atoms with E-state index in [1.807, 2.05) is 19.1 Å². The normalized spacial score (nSPS) is 18.5. The molecule has 0 spiro atoms. The van der Waals surface area contributed by atoms with Crippen molar-refractivity contribution in [3.63, 3.8) is 0 Å². The summed E-state index contributed by atoms with van der Waals surface area (Å²) in [6.45, 7) is 6.25. The zero-order valence-electron chi connectivity index (χ0n) is 19.2. The Hall–Kier alpha value is -2.95. The highest BCUT2D eigenvalue weighted by Gasteiger charge is 2.31. The second-order valence-corrected chi connectivity index (χ2v) is 10.7. The van der Waals surface area contributed by atoms with Crippen LogP contribution >= 0.6 is 0 Å². The van der Waals surface area contributed by atoms with E-state index in [4.69, 9.17) is 4.74 Å². The van der Waals surface area contributed by atoms with E-state index in [1.165, 1.54) is 0 Å². The molecule has 2 heterocycles. The summed E-state index contributed by atoms with van der Waals surface area (Å²) >= 11 is 0. The lowest BCUT2D eigenvalue weighted by Gasteiger charge is -2.27. The summed E-state index contributed by atoms with van der Waals surface area (Å²) in [6, 6.07) is 11.3. The molecule has 2 aliphatic heterocycles. The summed E-state index contributed by atoms with van der Waals surface area (Å²) in [5.74, 6) is -1.11. The summed E-state index contributed by atoms with van der Waals surface area (Å²) in [5.41, 5.74) is 3.09. The summed E-state index contributed by atoms with van der Waals surface area (Å²) in [7, 11) is -3.53. The van der Waals surface area contributed by atoms with Crippen molar-refractivity contribution in [2.75, 3.05) is 55.8 Å². The van der Waals surface area contributed by atoms with Gasteiger partial charge in [-0.2, -0.15) is 0 Å². The fraction of sp³-hybridized carbons (Fsp3) is 0.417. The average molecular weight is 487 g/mol. The average Bonchev–Trinajstić information content (AvgIpc) is 2.81. The number of nitrogens with one attached hydrogen (secondary N) is 3. The first kappa shape index (κ1) is 24.2. The van der Waals surface area contributed by atoms with Gasteiger partial charge in [0.15, 0.2) is 9.84 Å². The number of amides is 2. The molecule has 1 saturated heterocycles. The van der Waals surface area contributed by atoms with E-state index in [0.29, 0.717) is 36.7 Å². The van der Waals surface area contributed by atoms with Gasteiger partial charge < -0.3 is 20.7 Å². The zero-order valence-corrected chi connectivity index (χ0v) is 20.0. The van der Waals surface area contributed by atoms with E-state index in [9.17, 15) is 18.0 Å². The highest BCUT2D eigenvalue weighted by Crippen LogP contribution is 2.28. The molecule has 0 saturated carbocycles. The van der Waals surface area contributed by atoms with Crippen LogP contribution in [0.25, 0.3) is 0 Å². The van der Waals surface area contributed by atoms with Gasteiger partial charge in [0, 0.05) is 31.7 Å². The van der Waals surface area contributed by atoms with Crippen molar-refractivity contribution in [1.29, 1.82) is 0 Å². The minimum absolute atomic E-state index is 0.123. The molecular weight excluding hydrogens is 456 g/mol. The van der Waals surface area contributed by atoms with Crippen molar-refractivity contribution >= 4 is 33.0 Å². The number of nitrogens with zero attached hydrogens (tertiary/aromatic N) is 1. The van der Waals surface area contributed by atoms with Gasteiger partial charge in [0.1, 0.15) is 6.04 Å². The fourth-order valence-corrected chi connectivity index (χ4v) is 5.74. The molecule has 2 aromatic rings. The fourth-order valence-electron chi connectivity index (χ4n) is 4.08. The van der Waals surface area contributed by atoms with Crippen LogP contribution in [0.2, 0.25) is 0 Å². The quantitative estimate of drug-likeness (QED) is 0.516. The summed E-state index contributed by atoms with van der Waals surface area (Å²) in [5, 5.41) is 8.65. The number of hydrogen-bond acceptors (Lipinski definition) is 7. The van der Waals surface area contributed by atoms with Gasteiger partial charge in [-0.25, -0.2) is 8.42 Å². The van der Waals surface area contributed by atoms with Crippen LogP contribution in [0.15, 0.2) is 42.5 Å². The topological polar surface area (TPSA) is 117 Å². The summed E-state index contributed by atoms with van der Waals surface area (Å²) in [4.78, 5) is 27.4. The largest absolute Gasteiger partial charge is 0.379 e. The standard InChI is InChI=1S/C24H30N4O5S/c1-17-4-2-3-5-19(17)15-34(31,32)16-22-24(30)27-21-14-18(6-7-20(21)26-22)23(29)25-8-9-28-10-12-33-13-11-28/h2-7,14,22,26H,8-13,15-16H2,1H3,(H,25,29)(H,27,30)/t22-/m1/s1. The van der Waals surface area contributed by atoms with Crippen LogP contribution in [0, 0.1) is 6.92 Å². The van der Waals surface area contributed by atoms with Gasteiger partial charge in [-0.05, 0) is 36.2 Å². The smallest absolute Gasteiger partial charge is 0.251 e. The molecule has 3 N–H and O–H groups in total. The lowest BCUT2D eigenvalue weighted by atomic mass is 10.1. The molecule has 0 bridgehead atoms. The maximum atomic E-state index is 12.8. The van der Waals surface area contributed by atoms with E-state index in [1.54, 1.807) is 30.3 Å². The molecule has 1 fully saturated rings. The number of morpholine rings is 1. The number of benzene rings is 2. The van der Waals surface area contributed by atoms with E-state index in [-0.39, 0.29) is 17.4 Å². The summed E-state index contributed by atoms with van der Waals surface area (Å²) < 4.78 is 30.8. The number of ether oxygens (including phenoxy) is 1. The van der Waals surface area contributed by atoms with E-state index in [2.05, 4.69) is 20.9 Å². The van der Waals surface area contributed by atoms with Crippen molar-refractivity contribution in [3.05, 3.63) is 59.2 Å². The van der Waals surface area contributed by atoms with Gasteiger partial charge >= 0.3 is 0 Å². The third kappa shape index (κ3) is 6.13. The monoisotopic (exact) mass is 486 g/mol. The first-order valence-electron chi connectivity index (χ1n) is 11.4. The third-order valence-electron chi connectivity index (χ3n) is 6.06. The van der Waals surface area contributed by atoms with Crippen molar-refractivity contribution in [3.8, 4) is 0 Å². The lowest BCUT2D eigenvalue weighted by molar-refractivity contribution is -0.116. The number of aryl methyl sites for hydroxylation is 1. The Bertz CT molecular complexity index is 1160. The predicted octanol–water partition coefficient (Wildman–Crippen LogP) is 1.40. The minimum Gasteiger partial charge on any atom is -0.379 e. The molecule has 0 unspecified atom stereocenters. The Morgan fingerprint density at radius 3 is 2.68 bits per heavy atom. The third-order valence-corrected chi connectivity index (χ3v) is 7.65. The van der Waals surface area contributed by atoms with Crippen molar-refractivity contribution in [1.82, 2.24) is 10.2 Å². The number of carbonyl (C=O) groups excluding carboxylic acids is 2. The molecule has 1 atom stereocenters. The Kier molecular flexibility index (Phi) is 7.50. The van der Waals surface area contributed by atoms with E-state index >= 15 is 0 Å². The maximum Gasteiger partial charge on any atom is 0.251 e. The van der Waals surface area contributed by atoms with Crippen LogP contribution in [0.1, 0.15) is 21.5 Å². The number of rotatable bonds is 8. The van der Waals surface area contributed by atoms with E-state index < -0.39 is 21.8 Å². The Morgan fingerprint density at radius 1 is 1.15 bits per heavy atom. The number of sulfone groups is 1. The molecule has 0 aromatic heterocycles. The van der Waals surface area contributed by atoms with Crippen molar-refractivity contribution < 1.29 is 22.7 Å². The Balaban J connectivity index is 1.35. The minimum atomic E-state index is -3.53. The first-order valence-corrected chi connectivity index (χ1v) is 13.2. The molecule has 9 nitrogen and oxygen atoms in total. The van der Waals surface area contributed by atoms with E-state index in [0.717, 1.165) is 30.8 Å². The Labute approximate surface area is 199 Å². The molecular formula is C24H30N4O5S. The van der Waals surface area contributed by atoms with Crippen LogP contribution in [0.5, 0.6) is 0 Å². The SMILES string of the molecule is Cc1ccccc1CS(=O)(=O)C[C@H]1Nc2ccc(C(=O)NCCN3CCOCC3)cc2NC1=O. The highest BCUT2D eigenvalue weighted by atomic mass is 32.2. The molecule has 34 heavy (non-hydrogen) atoms. The van der Waals surface area contributed by atoms with Gasteiger partial charge in [-0.1, -0.05) is 24.3 Å². The number of carbonyl (C=O) groups is 2. The molecule has 4 rings (SSSR count). The van der Waals surface area contributed by atoms with Crippen molar-refractivity contribution in [2.24, 2.45) is 0 Å². The highest BCUT2D eigenvalue weighted by molar-refractivity contribution is 7.90. The second-order valence-electron chi connectivity index (χ2n) is 8.64. The Morgan fingerprint density at radius 2 is 1.91 bits per heavy atom. The second kappa shape index (κ2) is 10.5. The van der Waals surface area contributed by atoms with Crippen LogP contribution in [0.4, 0.5) is 11.4 Å².